The average Bonchev–Trinajstić information content (AvgIpc) is 2.64. The first kappa shape index (κ1) is 18.0. The van der Waals surface area contributed by atoms with Crippen molar-refractivity contribution in [2.45, 2.75) is 19.9 Å². The van der Waals surface area contributed by atoms with Gasteiger partial charge in [0.15, 0.2) is 0 Å². The molecule has 4 heteroatoms. The molecule has 2 N–H and O–H groups in total. The Kier molecular flexibility index (Phi) is 5.59. The third-order valence-corrected chi connectivity index (χ3v) is 4.51. The Morgan fingerprint density at radius 1 is 0.885 bits per heavy atom. The number of urea groups is 1. The second-order valence-corrected chi connectivity index (χ2v) is 6.70. The summed E-state index contributed by atoms with van der Waals surface area (Å²) in [4.78, 5) is 12.7. The normalized spacial score (nSPS) is 10.6. The number of carbonyl (C=O) groups excluding carboxylic acids is 1. The predicted molar refractivity (Wildman–Crippen MR) is 108 cm³/mol. The molecule has 3 aromatic rings. The summed E-state index contributed by atoms with van der Waals surface area (Å²) in [6.07, 6.45) is 0. The fourth-order valence-electron chi connectivity index (χ4n) is 3.00. The van der Waals surface area contributed by atoms with Gasteiger partial charge in [-0.3, -0.25) is 0 Å². The lowest BCUT2D eigenvalue weighted by atomic mass is 9.99. The number of amides is 2. The lowest BCUT2D eigenvalue weighted by molar-refractivity contribution is 0.250. The highest BCUT2D eigenvalue weighted by Gasteiger charge is 2.17. The van der Waals surface area contributed by atoms with Gasteiger partial charge in [0.2, 0.25) is 0 Å². The molecule has 0 saturated heterocycles. The van der Waals surface area contributed by atoms with Gasteiger partial charge < -0.3 is 10.6 Å². The number of anilines is 1. The Labute approximate surface area is 159 Å². The van der Waals surface area contributed by atoms with Gasteiger partial charge in [0.1, 0.15) is 0 Å². The van der Waals surface area contributed by atoms with E-state index in [1.807, 2.05) is 86.6 Å². The van der Waals surface area contributed by atoms with Crippen molar-refractivity contribution in [1.29, 1.82) is 0 Å². The first-order chi connectivity index (χ1) is 12.5. The zero-order valence-electron chi connectivity index (χ0n) is 14.8. The standard InChI is InChI=1S/C22H21ClN2O/c1-15-13-16(2)20(19(23)14-15)24-22(26)25-21(17-9-5-3-6-10-17)18-11-7-4-8-12-18/h3-14,21H,1-2H3,(H2,24,25,26). The van der Waals surface area contributed by atoms with E-state index in [4.69, 9.17) is 11.6 Å². The summed E-state index contributed by atoms with van der Waals surface area (Å²) in [5, 5.41) is 6.49. The van der Waals surface area contributed by atoms with Crippen LogP contribution in [-0.4, -0.2) is 6.03 Å². The largest absolute Gasteiger partial charge is 0.327 e. The number of benzene rings is 3. The first-order valence-electron chi connectivity index (χ1n) is 8.49. The van der Waals surface area contributed by atoms with Crippen LogP contribution >= 0.6 is 11.6 Å². The summed E-state index contributed by atoms with van der Waals surface area (Å²) in [5.41, 5.74) is 4.65. The molecule has 26 heavy (non-hydrogen) atoms. The molecule has 0 spiro atoms. The topological polar surface area (TPSA) is 41.1 Å². The Morgan fingerprint density at radius 3 is 1.92 bits per heavy atom. The van der Waals surface area contributed by atoms with Crippen molar-refractivity contribution in [2.75, 3.05) is 5.32 Å². The van der Waals surface area contributed by atoms with E-state index in [1.54, 1.807) is 0 Å². The zero-order valence-corrected chi connectivity index (χ0v) is 15.5. The van der Waals surface area contributed by atoms with Gasteiger partial charge in [-0.05, 0) is 42.2 Å². The van der Waals surface area contributed by atoms with Crippen LogP contribution in [0.15, 0.2) is 72.8 Å². The van der Waals surface area contributed by atoms with Crippen molar-refractivity contribution in [3.63, 3.8) is 0 Å². The van der Waals surface area contributed by atoms with Gasteiger partial charge in [-0.15, -0.1) is 0 Å². The SMILES string of the molecule is Cc1cc(C)c(NC(=O)NC(c2ccccc2)c2ccccc2)c(Cl)c1. The minimum Gasteiger partial charge on any atom is -0.327 e. The third kappa shape index (κ3) is 4.24. The minimum atomic E-state index is -0.295. The predicted octanol–water partition coefficient (Wildman–Crippen LogP) is 5.87. The molecule has 0 saturated carbocycles. The van der Waals surface area contributed by atoms with E-state index < -0.39 is 0 Å². The summed E-state index contributed by atoms with van der Waals surface area (Å²) >= 11 is 6.31. The monoisotopic (exact) mass is 364 g/mol. The van der Waals surface area contributed by atoms with Crippen molar-refractivity contribution in [3.8, 4) is 0 Å². The molecule has 2 amide bonds. The Bertz CT molecular complexity index is 832. The molecule has 3 rings (SSSR count). The number of carbonyl (C=O) groups is 1. The van der Waals surface area contributed by atoms with Crippen LogP contribution in [0.4, 0.5) is 10.5 Å². The van der Waals surface area contributed by atoms with E-state index in [0.717, 1.165) is 22.3 Å². The first-order valence-corrected chi connectivity index (χ1v) is 8.86. The fraction of sp³-hybridized carbons (Fsp3) is 0.136. The summed E-state index contributed by atoms with van der Waals surface area (Å²) in [6, 6.07) is 23.1. The minimum absolute atomic E-state index is 0.248. The fourth-order valence-corrected chi connectivity index (χ4v) is 3.37. The molecule has 0 aromatic heterocycles. The second kappa shape index (κ2) is 8.07. The molecule has 0 heterocycles. The number of hydrogen-bond donors (Lipinski definition) is 2. The van der Waals surface area contributed by atoms with Crippen LogP contribution in [0.5, 0.6) is 0 Å². The molecular formula is C22H21ClN2O. The Hall–Kier alpha value is -2.78. The Morgan fingerprint density at radius 2 is 1.42 bits per heavy atom. The van der Waals surface area contributed by atoms with E-state index >= 15 is 0 Å². The van der Waals surface area contributed by atoms with Crippen molar-refractivity contribution < 1.29 is 4.79 Å². The van der Waals surface area contributed by atoms with Crippen LogP contribution in [0.25, 0.3) is 0 Å². The van der Waals surface area contributed by atoms with Gasteiger partial charge in [0, 0.05) is 0 Å². The number of rotatable bonds is 4. The summed E-state index contributed by atoms with van der Waals surface area (Å²) in [6.45, 7) is 3.91. The number of hydrogen-bond acceptors (Lipinski definition) is 1. The van der Waals surface area contributed by atoms with Gasteiger partial charge >= 0.3 is 6.03 Å². The quantitative estimate of drug-likeness (QED) is 0.597. The van der Waals surface area contributed by atoms with E-state index in [9.17, 15) is 4.79 Å². The van der Waals surface area contributed by atoms with E-state index in [0.29, 0.717) is 10.7 Å². The van der Waals surface area contributed by atoms with E-state index in [-0.39, 0.29) is 12.1 Å². The maximum absolute atomic E-state index is 12.7. The molecule has 3 aromatic carbocycles. The highest BCUT2D eigenvalue weighted by Crippen LogP contribution is 2.28. The lowest BCUT2D eigenvalue weighted by Gasteiger charge is -2.21. The molecule has 0 unspecified atom stereocenters. The second-order valence-electron chi connectivity index (χ2n) is 6.29. The van der Waals surface area contributed by atoms with Gasteiger partial charge in [0.25, 0.3) is 0 Å². The van der Waals surface area contributed by atoms with Gasteiger partial charge in [0.05, 0.1) is 16.8 Å². The highest BCUT2D eigenvalue weighted by molar-refractivity contribution is 6.34. The smallest absolute Gasteiger partial charge is 0.320 e. The summed E-state index contributed by atoms with van der Waals surface area (Å²) < 4.78 is 0. The number of nitrogens with one attached hydrogen (secondary N) is 2. The average molecular weight is 365 g/mol. The van der Waals surface area contributed by atoms with Crippen LogP contribution in [0, 0.1) is 13.8 Å². The van der Waals surface area contributed by atoms with Crippen molar-refractivity contribution in [3.05, 3.63) is 100 Å². The summed E-state index contributed by atoms with van der Waals surface area (Å²) in [5.74, 6) is 0. The molecular weight excluding hydrogens is 344 g/mol. The number of halogens is 1. The third-order valence-electron chi connectivity index (χ3n) is 4.21. The highest BCUT2D eigenvalue weighted by atomic mass is 35.5. The van der Waals surface area contributed by atoms with Crippen LogP contribution in [-0.2, 0) is 0 Å². The van der Waals surface area contributed by atoms with Crippen molar-refractivity contribution >= 4 is 23.3 Å². The van der Waals surface area contributed by atoms with Crippen LogP contribution < -0.4 is 10.6 Å². The van der Waals surface area contributed by atoms with Crippen LogP contribution in [0.3, 0.4) is 0 Å². The number of aryl methyl sites for hydroxylation is 2. The molecule has 0 aliphatic carbocycles. The molecule has 0 radical (unpaired) electrons. The zero-order chi connectivity index (χ0) is 18.5. The van der Waals surface area contributed by atoms with Crippen molar-refractivity contribution in [2.24, 2.45) is 0 Å². The van der Waals surface area contributed by atoms with Crippen LogP contribution in [0.2, 0.25) is 5.02 Å². The van der Waals surface area contributed by atoms with Gasteiger partial charge in [-0.2, -0.15) is 0 Å². The molecule has 0 atom stereocenters. The molecule has 0 fully saturated rings. The maximum Gasteiger partial charge on any atom is 0.320 e. The van der Waals surface area contributed by atoms with Gasteiger partial charge in [-0.1, -0.05) is 78.3 Å². The van der Waals surface area contributed by atoms with Gasteiger partial charge in [-0.25, -0.2) is 4.79 Å². The Balaban J connectivity index is 1.85. The molecule has 3 nitrogen and oxygen atoms in total. The van der Waals surface area contributed by atoms with Crippen molar-refractivity contribution in [1.82, 2.24) is 5.32 Å². The van der Waals surface area contributed by atoms with Crippen LogP contribution in [0.1, 0.15) is 28.3 Å². The van der Waals surface area contributed by atoms with E-state index in [2.05, 4.69) is 10.6 Å². The summed E-state index contributed by atoms with van der Waals surface area (Å²) in [7, 11) is 0. The molecule has 0 aliphatic rings. The molecule has 0 aliphatic heterocycles. The lowest BCUT2D eigenvalue weighted by Crippen LogP contribution is -2.33. The molecule has 132 valence electrons. The molecule has 0 bridgehead atoms. The maximum atomic E-state index is 12.7. The van der Waals surface area contributed by atoms with E-state index in [1.165, 1.54) is 0 Å².